The molecule has 1 aliphatic rings. The average molecular weight is 253 g/mol. The van der Waals surface area contributed by atoms with Gasteiger partial charge >= 0.3 is 0 Å². The summed E-state index contributed by atoms with van der Waals surface area (Å²) in [5.41, 5.74) is 1.37. The van der Waals surface area contributed by atoms with Crippen molar-refractivity contribution in [3.63, 3.8) is 0 Å². The fourth-order valence-corrected chi connectivity index (χ4v) is 2.46. The Morgan fingerprint density at radius 1 is 1.29 bits per heavy atom. The lowest BCUT2D eigenvalue weighted by molar-refractivity contribution is 0.148. The topological polar surface area (TPSA) is 15.3 Å². The van der Waals surface area contributed by atoms with E-state index in [1.54, 1.807) is 0 Å². The molecule has 0 amide bonds. The summed E-state index contributed by atoms with van der Waals surface area (Å²) in [4.78, 5) is 2.57. The summed E-state index contributed by atoms with van der Waals surface area (Å²) in [6.45, 7) is 7.92. The van der Waals surface area contributed by atoms with Gasteiger partial charge in [-0.05, 0) is 38.0 Å². The first-order valence-electron chi connectivity index (χ1n) is 6.37. The van der Waals surface area contributed by atoms with E-state index >= 15 is 0 Å². The van der Waals surface area contributed by atoms with Crippen LogP contribution in [0.2, 0.25) is 5.02 Å². The van der Waals surface area contributed by atoms with Gasteiger partial charge in [0, 0.05) is 36.7 Å². The zero-order chi connectivity index (χ0) is 12.3. The monoisotopic (exact) mass is 252 g/mol. The van der Waals surface area contributed by atoms with Gasteiger partial charge in [0.25, 0.3) is 0 Å². The number of rotatable bonds is 3. The lowest BCUT2D eigenvalue weighted by Gasteiger charge is -2.37. The summed E-state index contributed by atoms with van der Waals surface area (Å²) in [5.74, 6) is 0. The minimum absolute atomic E-state index is 0.608. The molecule has 0 saturated carbocycles. The van der Waals surface area contributed by atoms with E-state index < -0.39 is 0 Å². The van der Waals surface area contributed by atoms with Crippen LogP contribution in [0, 0.1) is 0 Å². The highest BCUT2D eigenvalue weighted by Gasteiger charge is 2.21. The summed E-state index contributed by atoms with van der Waals surface area (Å²) < 4.78 is 0. The maximum Gasteiger partial charge on any atom is 0.0406 e. The van der Waals surface area contributed by atoms with Crippen LogP contribution in [0.1, 0.15) is 19.4 Å². The number of benzene rings is 1. The Kier molecular flexibility index (Phi) is 4.43. The Morgan fingerprint density at radius 3 is 2.71 bits per heavy atom. The summed E-state index contributed by atoms with van der Waals surface area (Å²) >= 11 is 5.88. The second-order valence-electron chi connectivity index (χ2n) is 5.03. The highest BCUT2D eigenvalue weighted by atomic mass is 35.5. The van der Waals surface area contributed by atoms with Gasteiger partial charge in [-0.1, -0.05) is 23.7 Å². The molecule has 2 nitrogen and oxygen atoms in total. The lowest BCUT2D eigenvalue weighted by Crippen LogP contribution is -2.54. The van der Waals surface area contributed by atoms with E-state index in [1.807, 2.05) is 12.1 Å². The van der Waals surface area contributed by atoms with Crippen molar-refractivity contribution in [1.29, 1.82) is 0 Å². The number of halogens is 1. The van der Waals surface area contributed by atoms with Gasteiger partial charge in [0.15, 0.2) is 0 Å². The maximum absolute atomic E-state index is 5.88. The highest BCUT2D eigenvalue weighted by molar-refractivity contribution is 6.30. The molecule has 1 fully saturated rings. The van der Waals surface area contributed by atoms with Crippen LogP contribution in [0.15, 0.2) is 24.3 Å². The molecule has 0 radical (unpaired) electrons. The van der Waals surface area contributed by atoms with E-state index in [2.05, 4.69) is 36.2 Å². The van der Waals surface area contributed by atoms with E-state index in [1.165, 1.54) is 5.56 Å². The molecule has 0 aromatic heterocycles. The predicted octanol–water partition coefficient (Wildman–Crippen LogP) is 2.56. The molecular formula is C14H21ClN2. The predicted molar refractivity (Wildman–Crippen MR) is 73.7 cm³/mol. The minimum atomic E-state index is 0.608. The van der Waals surface area contributed by atoms with Gasteiger partial charge in [-0.3, -0.25) is 4.90 Å². The molecule has 1 saturated heterocycles. The van der Waals surface area contributed by atoms with Gasteiger partial charge in [0.1, 0.15) is 0 Å². The summed E-state index contributed by atoms with van der Waals surface area (Å²) in [5, 5.41) is 4.33. The second-order valence-corrected chi connectivity index (χ2v) is 5.47. The van der Waals surface area contributed by atoms with Crippen molar-refractivity contribution < 1.29 is 0 Å². The van der Waals surface area contributed by atoms with E-state index in [-0.39, 0.29) is 0 Å². The van der Waals surface area contributed by atoms with Crippen molar-refractivity contribution in [2.45, 2.75) is 32.4 Å². The number of hydrogen-bond donors (Lipinski definition) is 1. The molecule has 3 heteroatoms. The third-order valence-corrected chi connectivity index (χ3v) is 3.75. The zero-order valence-corrected chi connectivity index (χ0v) is 11.4. The molecule has 1 heterocycles. The number of nitrogens with one attached hydrogen (secondary N) is 1. The quantitative estimate of drug-likeness (QED) is 0.890. The molecule has 2 atom stereocenters. The van der Waals surface area contributed by atoms with Gasteiger partial charge in [-0.15, -0.1) is 0 Å². The molecule has 2 rings (SSSR count). The van der Waals surface area contributed by atoms with Crippen LogP contribution in [0.5, 0.6) is 0 Å². The van der Waals surface area contributed by atoms with Crippen molar-refractivity contribution >= 4 is 11.6 Å². The van der Waals surface area contributed by atoms with Gasteiger partial charge in [-0.2, -0.15) is 0 Å². The van der Waals surface area contributed by atoms with Gasteiger partial charge < -0.3 is 5.32 Å². The average Bonchev–Trinajstić information content (AvgIpc) is 2.32. The Labute approximate surface area is 109 Å². The van der Waals surface area contributed by atoms with Crippen molar-refractivity contribution in [3.8, 4) is 0 Å². The largest absolute Gasteiger partial charge is 0.311 e. The SMILES string of the molecule is CC1CN(CCc2ccc(Cl)cc2)C(C)CN1. The molecule has 94 valence electrons. The van der Waals surface area contributed by atoms with Gasteiger partial charge in [0.05, 0.1) is 0 Å². The fourth-order valence-electron chi connectivity index (χ4n) is 2.33. The van der Waals surface area contributed by atoms with Crippen LogP contribution in [-0.4, -0.2) is 36.6 Å². The number of hydrogen-bond acceptors (Lipinski definition) is 2. The van der Waals surface area contributed by atoms with E-state index in [4.69, 9.17) is 11.6 Å². The first-order valence-corrected chi connectivity index (χ1v) is 6.75. The summed E-state index contributed by atoms with van der Waals surface area (Å²) in [7, 11) is 0. The van der Waals surface area contributed by atoms with Crippen molar-refractivity contribution in [2.75, 3.05) is 19.6 Å². The molecule has 0 aliphatic carbocycles. The van der Waals surface area contributed by atoms with Crippen LogP contribution in [0.25, 0.3) is 0 Å². The minimum Gasteiger partial charge on any atom is -0.311 e. The molecule has 0 spiro atoms. The molecule has 17 heavy (non-hydrogen) atoms. The zero-order valence-electron chi connectivity index (χ0n) is 10.6. The molecule has 2 unspecified atom stereocenters. The van der Waals surface area contributed by atoms with Crippen LogP contribution >= 0.6 is 11.6 Å². The molecule has 1 aromatic rings. The number of piperazine rings is 1. The Balaban J connectivity index is 1.86. The maximum atomic E-state index is 5.88. The van der Waals surface area contributed by atoms with Crippen molar-refractivity contribution in [2.24, 2.45) is 0 Å². The summed E-state index contributed by atoms with van der Waals surface area (Å²) in [6.07, 6.45) is 1.11. The van der Waals surface area contributed by atoms with Crippen molar-refractivity contribution in [3.05, 3.63) is 34.9 Å². The third kappa shape index (κ3) is 3.70. The highest BCUT2D eigenvalue weighted by Crippen LogP contribution is 2.12. The first kappa shape index (κ1) is 12.9. The Hall–Kier alpha value is -0.570. The fraction of sp³-hybridized carbons (Fsp3) is 0.571. The van der Waals surface area contributed by atoms with E-state index in [9.17, 15) is 0 Å². The molecule has 1 aromatic carbocycles. The van der Waals surface area contributed by atoms with E-state index in [0.29, 0.717) is 12.1 Å². The summed E-state index contributed by atoms with van der Waals surface area (Å²) in [6, 6.07) is 9.44. The standard InChI is InChI=1S/C14H21ClN2/c1-11-10-17(12(2)9-16-11)8-7-13-3-5-14(15)6-4-13/h3-6,11-12,16H,7-10H2,1-2H3. The lowest BCUT2D eigenvalue weighted by atomic mass is 10.1. The molecule has 0 bridgehead atoms. The second kappa shape index (κ2) is 5.85. The van der Waals surface area contributed by atoms with Gasteiger partial charge in [0.2, 0.25) is 0 Å². The third-order valence-electron chi connectivity index (χ3n) is 3.49. The van der Waals surface area contributed by atoms with Crippen LogP contribution in [-0.2, 0) is 6.42 Å². The van der Waals surface area contributed by atoms with Crippen LogP contribution in [0.3, 0.4) is 0 Å². The Bertz CT molecular complexity index is 350. The smallest absolute Gasteiger partial charge is 0.0406 e. The number of nitrogens with zero attached hydrogens (tertiary/aromatic N) is 1. The molecule has 1 aliphatic heterocycles. The van der Waals surface area contributed by atoms with Crippen molar-refractivity contribution in [1.82, 2.24) is 10.2 Å². The molecular weight excluding hydrogens is 232 g/mol. The van der Waals surface area contributed by atoms with Crippen LogP contribution in [0.4, 0.5) is 0 Å². The normalized spacial score (nSPS) is 26.1. The first-order chi connectivity index (χ1) is 8.15. The Morgan fingerprint density at radius 2 is 2.00 bits per heavy atom. The van der Waals surface area contributed by atoms with E-state index in [0.717, 1.165) is 31.1 Å². The van der Waals surface area contributed by atoms with Crippen LogP contribution < -0.4 is 5.32 Å². The van der Waals surface area contributed by atoms with Gasteiger partial charge in [-0.25, -0.2) is 0 Å². The molecule has 1 N–H and O–H groups in total.